The molecule has 0 radical (unpaired) electrons. The first-order valence-electron chi connectivity index (χ1n) is 8.85. The molecule has 10 nitrogen and oxygen atoms in total. The maximum atomic E-state index is 11.8. The molecule has 2 aliphatic heterocycles. The first kappa shape index (κ1) is 17.0. The lowest BCUT2D eigenvalue weighted by molar-refractivity contribution is -0.382. The van der Waals surface area contributed by atoms with Crippen LogP contribution in [0.4, 0.5) is 17.1 Å². The van der Waals surface area contributed by atoms with Gasteiger partial charge in [0.1, 0.15) is 5.69 Å². The molecule has 26 heavy (non-hydrogen) atoms. The monoisotopic (exact) mass is 361 g/mol. The van der Waals surface area contributed by atoms with Gasteiger partial charge >= 0.3 is 5.69 Å². The number of nitro groups is 1. The van der Waals surface area contributed by atoms with Crippen molar-refractivity contribution in [3.05, 3.63) is 16.2 Å². The smallest absolute Gasteiger partial charge is 0.323 e. The fourth-order valence-electron chi connectivity index (χ4n) is 3.66. The van der Waals surface area contributed by atoms with Crippen LogP contribution in [0.2, 0.25) is 0 Å². The number of aromatic nitrogens is 2. The van der Waals surface area contributed by atoms with Gasteiger partial charge in [0.2, 0.25) is 5.52 Å². The fourth-order valence-corrected chi connectivity index (χ4v) is 3.66. The lowest BCUT2D eigenvalue weighted by Crippen LogP contribution is -2.45. The first-order chi connectivity index (χ1) is 12.5. The molecule has 0 unspecified atom stereocenters. The standard InChI is InChI=1S/C16H23N7O3/c1-19-3-7-21(8-4-19)12-11-13(22-9-5-20(2)6-10-22)16(23(24)25)15-14(12)17-26-18-15/h11H,3-10H2,1-2H3. The highest BCUT2D eigenvalue weighted by Gasteiger charge is 2.32. The van der Waals surface area contributed by atoms with E-state index in [2.05, 4.69) is 44.0 Å². The molecule has 0 spiro atoms. The molecular weight excluding hydrogens is 338 g/mol. The third kappa shape index (κ3) is 2.95. The Morgan fingerprint density at radius 1 is 0.885 bits per heavy atom. The van der Waals surface area contributed by atoms with Crippen LogP contribution in [0.5, 0.6) is 0 Å². The SMILES string of the molecule is CN1CCN(c2cc(N3CCN(C)CC3)c3nonc3c2[N+](=O)[O-])CC1. The molecule has 0 saturated carbocycles. The Morgan fingerprint density at radius 2 is 1.38 bits per heavy atom. The zero-order valence-electron chi connectivity index (χ0n) is 15.1. The summed E-state index contributed by atoms with van der Waals surface area (Å²) in [5, 5.41) is 19.7. The van der Waals surface area contributed by atoms with Gasteiger partial charge in [-0.05, 0) is 30.5 Å². The summed E-state index contributed by atoms with van der Waals surface area (Å²) in [6, 6.07) is 1.90. The number of nitro benzene ring substituents is 1. The van der Waals surface area contributed by atoms with E-state index in [1.807, 2.05) is 6.07 Å². The quantitative estimate of drug-likeness (QED) is 0.576. The number of fused-ring (bicyclic) bond motifs is 1. The van der Waals surface area contributed by atoms with Crippen molar-refractivity contribution in [2.24, 2.45) is 0 Å². The summed E-state index contributed by atoms with van der Waals surface area (Å²) >= 11 is 0. The number of hydrogen-bond acceptors (Lipinski definition) is 9. The van der Waals surface area contributed by atoms with Crippen molar-refractivity contribution < 1.29 is 9.55 Å². The summed E-state index contributed by atoms with van der Waals surface area (Å²) in [5.74, 6) is 0. The normalized spacial score (nSPS) is 20.1. The maximum absolute atomic E-state index is 11.8. The average Bonchev–Trinajstić information content (AvgIpc) is 3.11. The minimum atomic E-state index is -0.367. The van der Waals surface area contributed by atoms with Crippen molar-refractivity contribution in [3.8, 4) is 0 Å². The van der Waals surface area contributed by atoms with Crippen LogP contribution >= 0.6 is 0 Å². The van der Waals surface area contributed by atoms with Crippen LogP contribution in [0, 0.1) is 10.1 Å². The number of piperazine rings is 2. The van der Waals surface area contributed by atoms with E-state index in [0.29, 0.717) is 11.2 Å². The maximum Gasteiger partial charge on any atom is 0.323 e. The second-order valence-corrected chi connectivity index (χ2v) is 7.06. The van der Waals surface area contributed by atoms with Crippen LogP contribution in [0.15, 0.2) is 10.7 Å². The lowest BCUT2D eigenvalue weighted by atomic mass is 10.1. The summed E-state index contributed by atoms with van der Waals surface area (Å²) in [6.07, 6.45) is 0. The van der Waals surface area contributed by atoms with E-state index in [1.54, 1.807) is 0 Å². The Labute approximate surface area is 151 Å². The van der Waals surface area contributed by atoms with E-state index in [9.17, 15) is 10.1 Å². The van der Waals surface area contributed by atoms with Crippen molar-refractivity contribution in [1.82, 2.24) is 20.1 Å². The molecule has 0 atom stereocenters. The summed E-state index contributed by atoms with van der Waals surface area (Å²) in [5.41, 5.74) is 2.18. The molecule has 0 amide bonds. The molecule has 2 fully saturated rings. The van der Waals surface area contributed by atoms with Gasteiger partial charge in [-0.1, -0.05) is 0 Å². The summed E-state index contributed by atoms with van der Waals surface area (Å²) < 4.78 is 4.90. The highest BCUT2D eigenvalue weighted by molar-refractivity contribution is 6.00. The fraction of sp³-hybridized carbons (Fsp3) is 0.625. The van der Waals surface area contributed by atoms with Crippen LogP contribution in [0.25, 0.3) is 11.0 Å². The third-order valence-corrected chi connectivity index (χ3v) is 5.34. The molecule has 0 aliphatic carbocycles. The van der Waals surface area contributed by atoms with Crippen molar-refractivity contribution in [2.45, 2.75) is 0 Å². The number of benzene rings is 1. The van der Waals surface area contributed by atoms with E-state index in [1.165, 1.54) is 0 Å². The molecule has 4 rings (SSSR count). The van der Waals surface area contributed by atoms with Gasteiger partial charge < -0.3 is 19.6 Å². The molecule has 2 aromatic rings. The Hall–Kier alpha value is -2.46. The second-order valence-electron chi connectivity index (χ2n) is 7.06. The Bertz CT molecular complexity index is 808. The van der Waals surface area contributed by atoms with Crippen molar-refractivity contribution >= 4 is 28.1 Å². The minimum Gasteiger partial charge on any atom is -0.367 e. The number of hydrogen-bond donors (Lipinski definition) is 0. The molecule has 1 aromatic heterocycles. The van der Waals surface area contributed by atoms with Crippen molar-refractivity contribution in [3.63, 3.8) is 0 Å². The predicted molar refractivity (Wildman–Crippen MR) is 97.9 cm³/mol. The van der Waals surface area contributed by atoms with Crippen LogP contribution in [0.1, 0.15) is 0 Å². The summed E-state index contributed by atoms with van der Waals surface area (Å²) in [4.78, 5) is 20.2. The molecule has 0 bridgehead atoms. The number of likely N-dealkylation sites (N-methyl/N-ethyl adjacent to an activating group) is 2. The summed E-state index contributed by atoms with van der Waals surface area (Å²) in [6.45, 7) is 6.80. The topological polar surface area (TPSA) is 95.0 Å². The summed E-state index contributed by atoms with van der Waals surface area (Å²) in [7, 11) is 4.16. The van der Waals surface area contributed by atoms with Gasteiger partial charge in [-0.25, -0.2) is 4.63 Å². The van der Waals surface area contributed by atoms with Crippen LogP contribution in [-0.2, 0) is 0 Å². The van der Waals surface area contributed by atoms with Crippen LogP contribution < -0.4 is 9.80 Å². The minimum absolute atomic E-state index is 0.0105. The van der Waals surface area contributed by atoms with Crippen LogP contribution in [-0.4, -0.2) is 91.5 Å². The number of nitrogens with zero attached hydrogens (tertiary/aromatic N) is 7. The highest BCUT2D eigenvalue weighted by Crippen LogP contribution is 2.40. The molecule has 3 heterocycles. The van der Waals surface area contributed by atoms with E-state index >= 15 is 0 Å². The molecule has 1 aromatic carbocycles. The zero-order valence-corrected chi connectivity index (χ0v) is 15.1. The number of anilines is 2. The van der Waals surface area contributed by atoms with Gasteiger partial charge in [0.05, 0.1) is 10.6 Å². The Kier molecular flexibility index (Phi) is 4.37. The second kappa shape index (κ2) is 6.69. The Balaban J connectivity index is 1.81. The van der Waals surface area contributed by atoms with Gasteiger partial charge in [-0.3, -0.25) is 10.1 Å². The molecule has 0 N–H and O–H groups in total. The third-order valence-electron chi connectivity index (χ3n) is 5.34. The lowest BCUT2D eigenvalue weighted by Gasteiger charge is -2.36. The Morgan fingerprint density at radius 3 is 1.92 bits per heavy atom. The van der Waals surface area contributed by atoms with E-state index in [4.69, 9.17) is 4.63 Å². The van der Waals surface area contributed by atoms with Gasteiger partial charge in [-0.2, -0.15) is 0 Å². The molecule has 10 heteroatoms. The highest BCUT2D eigenvalue weighted by atomic mass is 16.6. The predicted octanol–water partition coefficient (Wildman–Crippen LogP) is 0.635. The van der Waals surface area contributed by atoms with Crippen molar-refractivity contribution in [1.29, 1.82) is 0 Å². The largest absolute Gasteiger partial charge is 0.367 e. The average molecular weight is 361 g/mol. The van der Waals surface area contributed by atoms with Gasteiger partial charge in [0.25, 0.3) is 0 Å². The zero-order chi connectivity index (χ0) is 18.3. The van der Waals surface area contributed by atoms with Gasteiger partial charge in [-0.15, -0.1) is 0 Å². The van der Waals surface area contributed by atoms with E-state index in [0.717, 1.165) is 58.0 Å². The molecule has 2 saturated heterocycles. The van der Waals surface area contributed by atoms with E-state index in [-0.39, 0.29) is 16.1 Å². The van der Waals surface area contributed by atoms with Crippen LogP contribution in [0.3, 0.4) is 0 Å². The molecule has 140 valence electrons. The first-order valence-corrected chi connectivity index (χ1v) is 8.85. The van der Waals surface area contributed by atoms with Crippen molar-refractivity contribution in [2.75, 3.05) is 76.3 Å². The van der Waals surface area contributed by atoms with E-state index < -0.39 is 0 Å². The molecule has 2 aliphatic rings. The number of rotatable bonds is 3. The van der Waals surface area contributed by atoms with Gasteiger partial charge in [0.15, 0.2) is 5.52 Å². The molecular formula is C16H23N7O3. The van der Waals surface area contributed by atoms with Gasteiger partial charge in [0, 0.05) is 52.4 Å².